The smallest absolute Gasteiger partial charge is 0.184 e. The van der Waals surface area contributed by atoms with Gasteiger partial charge in [0.25, 0.3) is 0 Å². The number of ether oxygens (including phenoxy) is 1. The van der Waals surface area contributed by atoms with Gasteiger partial charge in [-0.25, -0.2) is 9.67 Å². The zero-order chi connectivity index (χ0) is 20.5. The van der Waals surface area contributed by atoms with E-state index < -0.39 is 0 Å². The van der Waals surface area contributed by atoms with Gasteiger partial charge in [-0.15, -0.1) is 5.10 Å². The Morgan fingerprint density at radius 2 is 1.67 bits per heavy atom. The number of para-hydroxylation sites is 1. The number of carbonyl (C=O) groups excluding carboxylic acids is 1. The van der Waals surface area contributed by atoms with Crippen molar-refractivity contribution in [3.05, 3.63) is 84.4 Å². The molecule has 0 aliphatic heterocycles. The molecule has 6 nitrogen and oxygen atoms in total. The zero-order valence-electron chi connectivity index (χ0n) is 16.3. The summed E-state index contributed by atoms with van der Waals surface area (Å²) in [4.78, 5) is 17.6. The fourth-order valence-electron chi connectivity index (χ4n) is 3.60. The summed E-state index contributed by atoms with van der Waals surface area (Å²) in [5, 5.41) is 9.63. The third-order valence-corrected chi connectivity index (χ3v) is 5.10. The topological polar surface area (TPSA) is 69.9 Å². The summed E-state index contributed by atoms with van der Waals surface area (Å²) < 4.78 is 6.93. The number of rotatable bonds is 5. The number of ketones is 1. The molecule has 0 atom stereocenters. The second-order valence-electron chi connectivity index (χ2n) is 6.94. The van der Waals surface area contributed by atoms with Crippen LogP contribution in [-0.4, -0.2) is 32.9 Å². The lowest BCUT2D eigenvalue weighted by Gasteiger charge is -2.08. The predicted molar refractivity (Wildman–Crippen MR) is 116 cm³/mol. The molecule has 6 heteroatoms. The largest absolute Gasteiger partial charge is 0.497 e. The molecule has 30 heavy (non-hydrogen) atoms. The molecule has 0 saturated carbocycles. The SMILES string of the molecule is COc1ccc(-c2nc3ccccc3c3c2nnn3CC(=O)c2ccccc2)cc1. The lowest BCUT2D eigenvalue weighted by atomic mass is 10.1. The van der Waals surface area contributed by atoms with Crippen LogP contribution in [0.25, 0.3) is 33.2 Å². The fraction of sp³-hybridized carbons (Fsp3) is 0.0833. The van der Waals surface area contributed by atoms with Crippen LogP contribution in [0.2, 0.25) is 0 Å². The number of carbonyl (C=O) groups is 1. The van der Waals surface area contributed by atoms with Crippen LogP contribution in [-0.2, 0) is 6.54 Å². The summed E-state index contributed by atoms with van der Waals surface area (Å²) in [5.74, 6) is 0.752. The quantitative estimate of drug-likeness (QED) is 0.409. The summed E-state index contributed by atoms with van der Waals surface area (Å²) in [6, 6.07) is 24.7. The van der Waals surface area contributed by atoms with Crippen LogP contribution >= 0.6 is 0 Å². The third-order valence-electron chi connectivity index (χ3n) is 5.10. The molecule has 0 bridgehead atoms. The lowest BCUT2D eigenvalue weighted by Crippen LogP contribution is -2.12. The van der Waals surface area contributed by atoms with Crippen LogP contribution in [0, 0.1) is 0 Å². The van der Waals surface area contributed by atoms with Gasteiger partial charge in [0.1, 0.15) is 29.0 Å². The number of aromatic nitrogens is 4. The highest BCUT2D eigenvalue weighted by Gasteiger charge is 2.18. The first kappa shape index (κ1) is 18.0. The van der Waals surface area contributed by atoms with E-state index in [0.717, 1.165) is 33.4 Å². The van der Waals surface area contributed by atoms with Crippen LogP contribution in [0.4, 0.5) is 0 Å². The normalized spacial score (nSPS) is 11.1. The molecule has 3 aromatic carbocycles. The van der Waals surface area contributed by atoms with Gasteiger partial charge in [-0.05, 0) is 30.3 Å². The number of fused-ring (bicyclic) bond motifs is 3. The van der Waals surface area contributed by atoms with E-state index in [2.05, 4.69) is 10.3 Å². The number of methoxy groups -OCH3 is 1. The summed E-state index contributed by atoms with van der Waals surface area (Å²) in [6.07, 6.45) is 0. The third kappa shape index (κ3) is 3.08. The Kier molecular flexibility index (Phi) is 4.44. The molecule has 146 valence electrons. The van der Waals surface area contributed by atoms with Crippen molar-refractivity contribution in [2.75, 3.05) is 7.11 Å². The van der Waals surface area contributed by atoms with Gasteiger partial charge in [-0.2, -0.15) is 0 Å². The monoisotopic (exact) mass is 394 g/mol. The van der Waals surface area contributed by atoms with Gasteiger partial charge in [0.05, 0.1) is 12.6 Å². The molecule has 5 aromatic rings. The first-order valence-electron chi connectivity index (χ1n) is 9.59. The second kappa shape index (κ2) is 7.40. The number of Topliss-reactive ketones (excluding diaryl/α,β-unsaturated/α-hetero) is 1. The molecule has 0 fully saturated rings. The number of nitrogens with zero attached hydrogens (tertiary/aromatic N) is 4. The number of pyridine rings is 1. The molecule has 0 unspecified atom stereocenters. The standard InChI is InChI=1S/C24H18N4O2/c1-30-18-13-11-17(12-14-18)22-23-24(19-9-5-6-10-20(19)25-22)28(27-26-23)15-21(29)16-7-3-2-4-8-16/h2-14H,15H2,1H3. The van der Waals surface area contributed by atoms with Crippen molar-refractivity contribution in [3.63, 3.8) is 0 Å². The van der Waals surface area contributed by atoms with Crippen LogP contribution in [0.15, 0.2) is 78.9 Å². The van der Waals surface area contributed by atoms with Gasteiger partial charge >= 0.3 is 0 Å². The van der Waals surface area contributed by atoms with Gasteiger partial charge in [-0.3, -0.25) is 4.79 Å². The van der Waals surface area contributed by atoms with Gasteiger partial charge in [0.15, 0.2) is 5.78 Å². The molecule has 0 amide bonds. The van der Waals surface area contributed by atoms with Crippen LogP contribution in [0.5, 0.6) is 5.75 Å². The molecule has 2 aromatic heterocycles. The number of hydrogen-bond acceptors (Lipinski definition) is 5. The van der Waals surface area contributed by atoms with Crippen molar-refractivity contribution in [3.8, 4) is 17.0 Å². The first-order valence-corrected chi connectivity index (χ1v) is 9.59. The van der Waals surface area contributed by atoms with Crippen LogP contribution in [0.3, 0.4) is 0 Å². The zero-order valence-corrected chi connectivity index (χ0v) is 16.3. The molecule has 0 spiro atoms. The fourth-order valence-corrected chi connectivity index (χ4v) is 3.60. The maximum Gasteiger partial charge on any atom is 0.184 e. The first-order chi connectivity index (χ1) is 14.7. The van der Waals surface area contributed by atoms with E-state index in [1.165, 1.54) is 0 Å². The maximum absolute atomic E-state index is 12.8. The highest BCUT2D eigenvalue weighted by Crippen LogP contribution is 2.31. The Morgan fingerprint density at radius 3 is 2.43 bits per heavy atom. The second-order valence-corrected chi connectivity index (χ2v) is 6.94. The van der Waals surface area contributed by atoms with Crippen molar-refractivity contribution in [1.82, 2.24) is 20.0 Å². The van der Waals surface area contributed by atoms with Gasteiger partial charge in [-0.1, -0.05) is 53.7 Å². The minimum Gasteiger partial charge on any atom is -0.497 e. The number of benzene rings is 3. The Hall–Kier alpha value is -4.06. The average molecular weight is 394 g/mol. The minimum absolute atomic E-state index is 0.0192. The average Bonchev–Trinajstić information content (AvgIpc) is 3.23. The maximum atomic E-state index is 12.8. The molecule has 0 N–H and O–H groups in total. The van der Waals surface area contributed by atoms with E-state index >= 15 is 0 Å². The van der Waals surface area contributed by atoms with Gasteiger partial charge < -0.3 is 4.74 Å². The summed E-state index contributed by atoms with van der Waals surface area (Å²) in [5.41, 5.74) is 4.58. The summed E-state index contributed by atoms with van der Waals surface area (Å²) >= 11 is 0. The molecule has 0 radical (unpaired) electrons. The lowest BCUT2D eigenvalue weighted by molar-refractivity contribution is 0.0968. The van der Waals surface area contributed by atoms with Gasteiger partial charge in [0, 0.05) is 16.5 Å². The van der Waals surface area contributed by atoms with E-state index in [-0.39, 0.29) is 12.3 Å². The molecule has 2 heterocycles. The highest BCUT2D eigenvalue weighted by atomic mass is 16.5. The van der Waals surface area contributed by atoms with Gasteiger partial charge in [0.2, 0.25) is 0 Å². The Morgan fingerprint density at radius 1 is 0.933 bits per heavy atom. The number of hydrogen-bond donors (Lipinski definition) is 0. The Balaban J connectivity index is 1.68. The Bertz CT molecular complexity index is 1360. The van der Waals surface area contributed by atoms with E-state index in [9.17, 15) is 4.79 Å². The Labute approximate surface area is 172 Å². The summed E-state index contributed by atoms with van der Waals surface area (Å²) in [7, 11) is 1.64. The minimum atomic E-state index is -0.0192. The van der Waals surface area contributed by atoms with E-state index in [1.54, 1.807) is 11.8 Å². The van der Waals surface area contributed by atoms with Crippen molar-refractivity contribution < 1.29 is 9.53 Å². The van der Waals surface area contributed by atoms with E-state index in [4.69, 9.17) is 9.72 Å². The van der Waals surface area contributed by atoms with Crippen molar-refractivity contribution in [1.29, 1.82) is 0 Å². The van der Waals surface area contributed by atoms with E-state index in [0.29, 0.717) is 11.1 Å². The molecule has 5 rings (SSSR count). The van der Waals surface area contributed by atoms with Crippen molar-refractivity contribution >= 4 is 27.7 Å². The molecular weight excluding hydrogens is 376 g/mol. The van der Waals surface area contributed by atoms with E-state index in [1.807, 2.05) is 78.9 Å². The predicted octanol–water partition coefficient (Wildman–Crippen LogP) is 4.54. The van der Waals surface area contributed by atoms with Crippen molar-refractivity contribution in [2.45, 2.75) is 6.54 Å². The highest BCUT2D eigenvalue weighted by molar-refractivity contribution is 6.08. The summed E-state index contributed by atoms with van der Waals surface area (Å²) in [6.45, 7) is 0.108. The molecule has 0 saturated heterocycles. The molecular formula is C24H18N4O2. The van der Waals surface area contributed by atoms with Crippen LogP contribution < -0.4 is 4.74 Å². The molecule has 0 aliphatic rings. The molecule has 0 aliphatic carbocycles. The van der Waals surface area contributed by atoms with Crippen LogP contribution in [0.1, 0.15) is 10.4 Å². The van der Waals surface area contributed by atoms with Crippen molar-refractivity contribution in [2.24, 2.45) is 0 Å².